The van der Waals surface area contributed by atoms with Gasteiger partial charge in [0, 0.05) is 18.8 Å². The van der Waals surface area contributed by atoms with Crippen molar-refractivity contribution in [2.75, 3.05) is 5.32 Å². The zero-order valence-electron chi connectivity index (χ0n) is 10.5. The SMILES string of the molecule is Cn1cnnc1CNc1ccc([N+](=O)[O-])c(C(=O)O)c1. The molecule has 20 heavy (non-hydrogen) atoms. The first-order valence-corrected chi connectivity index (χ1v) is 5.57. The summed E-state index contributed by atoms with van der Waals surface area (Å²) in [6, 6.07) is 3.82. The number of hydrogen-bond donors (Lipinski definition) is 2. The number of nitrogens with zero attached hydrogens (tertiary/aromatic N) is 4. The van der Waals surface area contributed by atoms with Crippen LogP contribution in [0.2, 0.25) is 0 Å². The monoisotopic (exact) mass is 277 g/mol. The Morgan fingerprint density at radius 3 is 2.85 bits per heavy atom. The molecule has 0 atom stereocenters. The summed E-state index contributed by atoms with van der Waals surface area (Å²) in [6.07, 6.45) is 1.54. The summed E-state index contributed by atoms with van der Waals surface area (Å²) in [4.78, 5) is 21.0. The van der Waals surface area contributed by atoms with E-state index in [1.165, 1.54) is 18.5 Å². The fourth-order valence-corrected chi connectivity index (χ4v) is 1.62. The molecular formula is C11H11N5O4. The summed E-state index contributed by atoms with van der Waals surface area (Å²) in [7, 11) is 1.77. The molecule has 0 amide bonds. The number of aromatic nitrogens is 3. The van der Waals surface area contributed by atoms with Gasteiger partial charge in [-0.3, -0.25) is 10.1 Å². The first kappa shape index (κ1) is 13.5. The second-order valence-electron chi connectivity index (χ2n) is 4.01. The molecule has 1 aromatic carbocycles. The number of rotatable bonds is 5. The lowest BCUT2D eigenvalue weighted by molar-refractivity contribution is -0.385. The van der Waals surface area contributed by atoms with Gasteiger partial charge in [0.15, 0.2) is 5.82 Å². The highest BCUT2D eigenvalue weighted by Gasteiger charge is 2.19. The highest BCUT2D eigenvalue weighted by Crippen LogP contribution is 2.22. The second kappa shape index (κ2) is 5.34. The molecule has 2 rings (SSSR count). The van der Waals surface area contributed by atoms with Crippen molar-refractivity contribution in [2.24, 2.45) is 7.05 Å². The van der Waals surface area contributed by atoms with Crippen LogP contribution in [0.4, 0.5) is 11.4 Å². The van der Waals surface area contributed by atoms with E-state index in [2.05, 4.69) is 15.5 Å². The lowest BCUT2D eigenvalue weighted by atomic mass is 10.1. The van der Waals surface area contributed by atoms with Crippen molar-refractivity contribution in [3.05, 3.63) is 46.0 Å². The van der Waals surface area contributed by atoms with Crippen LogP contribution in [0.5, 0.6) is 0 Å². The highest BCUT2D eigenvalue weighted by atomic mass is 16.6. The van der Waals surface area contributed by atoms with Crippen molar-refractivity contribution in [1.29, 1.82) is 0 Å². The summed E-state index contributed by atoms with van der Waals surface area (Å²) in [5.41, 5.74) is -0.351. The number of aryl methyl sites for hydroxylation is 1. The number of carboxylic acids is 1. The van der Waals surface area contributed by atoms with Crippen LogP contribution in [-0.4, -0.2) is 30.8 Å². The van der Waals surface area contributed by atoms with Gasteiger partial charge in [-0.05, 0) is 12.1 Å². The molecule has 0 radical (unpaired) electrons. The number of nitro groups is 1. The maximum absolute atomic E-state index is 11.0. The molecule has 1 heterocycles. The van der Waals surface area contributed by atoms with Gasteiger partial charge >= 0.3 is 5.97 Å². The van der Waals surface area contributed by atoms with Crippen molar-refractivity contribution >= 4 is 17.3 Å². The van der Waals surface area contributed by atoms with Gasteiger partial charge < -0.3 is 15.0 Å². The van der Waals surface area contributed by atoms with Gasteiger partial charge in [-0.25, -0.2) is 4.79 Å². The summed E-state index contributed by atoms with van der Waals surface area (Å²) in [5, 5.41) is 30.2. The third kappa shape index (κ3) is 2.71. The van der Waals surface area contributed by atoms with Crippen LogP contribution in [0, 0.1) is 10.1 Å². The van der Waals surface area contributed by atoms with Gasteiger partial charge in [0.05, 0.1) is 11.5 Å². The Labute approximate surface area is 113 Å². The molecule has 1 aromatic heterocycles. The van der Waals surface area contributed by atoms with Gasteiger partial charge in [-0.1, -0.05) is 0 Å². The summed E-state index contributed by atoms with van der Waals surface area (Å²) >= 11 is 0. The van der Waals surface area contributed by atoms with Crippen molar-refractivity contribution in [1.82, 2.24) is 14.8 Å². The first-order chi connectivity index (χ1) is 9.49. The molecule has 0 spiro atoms. The highest BCUT2D eigenvalue weighted by molar-refractivity contribution is 5.93. The van der Waals surface area contributed by atoms with E-state index >= 15 is 0 Å². The molecule has 0 saturated carbocycles. The largest absolute Gasteiger partial charge is 0.477 e. The van der Waals surface area contributed by atoms with Crippen molar-refractivity contribution in [3.8, 4) is 0 Å². The molecule has 0 saturated heterocycles. The minimum atomic E-state index is -1.35. The zero-order valence-corrected chi connectivity index (χ0v) is 10.5. The number of anilines is 1. The first-order valence-electron chi connectivity index (χ1n) is 5.57. The van der Waals surface area contributed by atoms with Crippen molar-refractivity contribution < 1.29 is 14.8 Å². The van der Waals surface area contributed by atoms with E-state index in [9.17, 15) is 14.9 Å². The van der Waals surface area contributed by atoms with Gasteiger partial charge in [0.2, 0.25) is 0 Å². The number of carboxylic acid groups (broad SMARTS) is 1. The minimum Gasteiger partial charge on any atom is -0.477 e. The van der Waals surface area contributed by atoms with Crippen molar-refractivity contribution in [3.63, 3.8) is 0 Å². The Balaban J connectivity index is 2.21. The summed E-state index contributed by atoms with van der Waals surface area (Å²) in [6.45, 7) is 0.327. The molecule has 2 aromatic rings. The fourth-order valence-electron chi connectivity index (χ4n) is 1.62. The average Bonchev–Trinajstić information content (AvgIpc) is 2.81. The van der Waals surface area contributed by atoms with Gasteiger partial charge in [-0.15, -0.1) is 10.2 Å². The predicted octanol–water partition coefficient (Wildman–Crippen LogP) is 1.03. The Bertz CT molecular complexity index is 667. The van der Waals surface area contributed by atoms with E-state index in [1.807, 2.05) is 0 Å². The topological polar surface area (TPSA) is 123 Å². The number of benzene rings is 1. The Hall–Kier alpha value is -2.97. The molecule has 0 bridgehead atoms. The smallest absolute Gasteiger partial charge is 0.342 e. The Kier molecular flexibility index (Phi) is 3.60. The fraction of sp³-hybridized carbons (Fsp3) is 0.182. The predicted molar refractivity (Wildman–Crippen MR) is 68.4 cm³/mol. The van der Waals surface area contributed by atoms with Gasteiger partial charge in [0.1, 0.15) is 11.9 Å². The van der Waals surface area contributed by atoms with E-state index in [4.69, 9.17) is 5.11 Å². The van der Waals surface area contributed by atoms with E-state index in [0.29, 0.717) is 18.1 Å². The van der Waals surface area contributed by atoms with Crippen LogP contribution in [0.15, 0.2) is 24.5 Å². The second-order valence-corrected chi connectivity index (χ2v) is 4.01. The number of aromatic carboxylic acids is 1. The third-order valence-electron chi connectivity index (χ3n) is 2.68. The molecule has 9 heteroatoms. The summed E-state index contributed by atoms with van der Waals surface area (Å²) in [5.74, 6) is -0.695. The van der Waals surface area contributed by atoms with E-state index in [1.54, 1.807) is 11.6 Å². The molecular weight excluding hydrogens is 266 g/mol. The van der Waals surface area contributed by atoms with Crippen LogP contribution < -0.4 is 5.32 Å². The maximum atomic E-state index is 11.0. The molecule has 0 aliphatic carbocycles. The maximum Gasteiger partial charge on any atom is 0.342 e. The third-order valence-corrected chi connectivity index (χ3v) is 2.68. The van der Waals surface area contributed by atoms with Crippen LogP contribution in [0.3, 0.4) is 0 Å². The molecule has 104 valence electrons. The van der Waals surface area contributed by atoms with Crippen LogP contribution in [0.1, 0.15) is 16.2 Å². The molecule has 2 N–H and O–H groups in total. The molecule has 0 unspecified atom stereocenters. The standard InChI is InChI=1S/C11H11N5O4/c1-15-6-13-14-10(15)5-12-7-2-3-9(16(19)20)8(4-7)11(17)18/h2-4,6,12H,5H2,1H3,(H,17,18). The van der Waals surface area contributed by atoms with E-state index in [-0.39, 0.29) is 5.56 Å². The van der Waals surface area contributed by atoms with Gasteiger partial charge in [-0.2, -0.15) is 0 Å². The Morgan fingerprint density at radius 1 is 1.55 bits per heavy atom. The number of nitrogens with one attached hydrogen (secondary N) is 1. The zero-order chi connectivity index (χ0) is 14.7. The lowest BCUT2D eigenvalue weighted by Gasteiger charge is -2.07. The molecule has 9 nitrogen and oxygen atoms in total. The molecule has 0 aliphatic rings. The van der Waals surface area contributed by atoms with E-state index in [0.717, 1.165) is 6.07 Å². The average molecular weight is 277 g/mol. The van der Waals surface area contributed by atoms with Crippen LogP contribution in [0.25, 0.3) is 0 Å². The van der Waals surface area contributed by atoms with E-state index < -0.39 is 16.6 Å². The Morgan fingerprint density at radius 2 is 2.30 bits per heavy atom. The quantitative estimate of drug-likeness (QED) is 0.618. The van der Waals surface area contributed by atoms with Gasteiger partial charge in [0.25, 0.3) is 5.69 Å². The normalized spacial score (nSPS) is 10.2. The lowest BCUT2D eigenvalue weighted by Crippen LogP contribution is -2.08. The van der Waals surface area contributed by atoms with Crippen molar-refractivity contribution in [2.45, 2.75) is 6.54 Å². The van der Waals surface area contributed by atoms with Crippen LogP contribution in [-0.2, 0) is 13.6 Å². The molecule has 0 fully saturated rings. The number of nitro benzene ring substituents is 1. The van der Waals surface area contributed by atoms with Crippen LogP contribution >= 0.6 is 0 Å². The number of carbonyl (C=O) groups is 1. The molecule has 0 aliphatic heterocycles. The number of hydrogen-bond acceptors (Lipinski definition) is 6. The minimum absolute atomic E-state index is 0.327. The summed E-state index contributed by atoms with van der Waals surface area (Å²) < 4.78 is 1.70.